The van der Waals surface area contributed by atoms with Gasteiger partial charge in [-0.05, 0) is 36.8 Å². The first-order chi connectivity index (χ1) is 10.8. The van der Waals surface area contributed by atoms with Crippen LogP contribution in [0.25, 0.3) is 0 Å². The van der Waals surface area contributed by atoms with Gasteiger partial charge in [-0.3, -0.25) is 14.9 Å². The molecule has 0 unspecified atom stereocenters. The average molecular weight is 335 g/mol. The zero-order valence-electron chi connectivity index (χ0n) is 12.3. The van der Waals surface area contributed by atoms with Crippen LogP contribution in [0.15, 0.2) is 35.5 Å². The number of carbonyl (C=O) groups excluding carboxylic acids is 2. The Morgan fingerprint density at radius 3 is 2.43 bits per heavy atom. The van der Waals surface area contributed by atoms with Crippen LogP contribution >= 0.6 is 12.2 Å². The van der Waals surface area contributed by atoms with Gasteiger partial charge < -0.3 is 15.4 Å². The summed E-state index contributed by atoms with van der Waals surface area (Å²) in [5.41, 5.74) is 1.06. The van der Waals surface area contributed by atoms with Gasteiger partial charge in [0, 0.05) is 17.8 Å². The van der Waals surface area contributed by atoms with E-state index in [1.165, 1.54) is 24.3 Å². The molecule has 120 valence electrons. The minimum atomic E-state index is -0.998. The molecular weight excluding hydrogens is 322 g/mol. The first-order valence-electron chi connectivity index (χ1n) is 6.50. The van der Waals surface area contributed by atoms with Crippen molar-refractivity contribution in [2.45, 2.75) is 13.0 Å². The lowest BCUT2D eigenvalue weighted by molar-refractivity contribution is -0.384. The van der Waals surface area contributed by atoms with E-state index in [2.05, 4.69) is 15.4 Å². The maximum Gasteiger partial charge on any atom is 0.379 e. The number of allylic oxidation sites excluding steroid dienone is 1. The van der Waals surface area contributed by atoms with Crippen molar-refractivity contribution < 1.29 is 19.2 Å². The van der Waals surface area contributed by atoms with Crippen molar-refractivity contribution in [3.63, 3.8) is 0 Å². The van der Waals surface area contributed by atoms with Crippen molar-refractivity contribution in [1.29, 1.82) is 0 Å². The molecule has 1 aromatic rings. The molecule has 2 rings (SSSR count). The van der Waals surface area contributed by atoms with Crippen LogP contribution in [0.5, 0.6) is 0 Å². The fourth-order valence-corrected chi connectivity index (χ4v) is 2.51. The number of nitrogens with zero attached hydrogens (tertiary/aromatic N) is 1. The molecule has 0 radical (unpaired) electrons. The minimum Gasteiger partial charge on any atom is -0.463 e. The highest BCUT2D eigenvalue weighted by molar-refractivity contribution is 7.80. The van der Waals surface area contributed by atoms with Crippen molar-refractivity contribution in [2.24, 2.45) is 0 Å². The van der Waals surface area contributed by atoms with Gasteiger partial charge >= 0.3 is 5.97 Å². The van der Waals surface area contributed by atoms with Crippen LogP contribution in [-0.4, -0.2) is 28.9 Å². The summed E-state index contributed by atoms with van der Waals surface area (Å²) >= 11 is 5.07. The Balaban J connectivity index is 2.46. The van der Waals surface area contributed by atoms with Crippen molar-refractivity contribution in [2.75, 3.05) is 7.11 Å². The predicted molar refractivity (Wildman–Crippen MR) is 84.4 cm³/mol. The normalized spacial score (nSPS) is 17.1. The topological polar surface area (TPSA) is 111 Å². The van der Waals surface area contributed by atoms with Gasteiger partial charge in [-0.1, -0.05) is 0 Å². The number of esters is 1. The van der Waals surface area contributed by atoms with Gasteiger partial charge in [-0.25, -0.2) is 4.79 Å². The Hall–Kier alpha value is -2.81. The van der Waals surface area contributed by atoms with E-state index in [0.717, 1.165) is 7.11 Å². The Kier molecular flexibility index (Phi) is 4.70. The number of ketones is 1. The summed E-state index contributed by atoms with van der Waals surface area (Å²) in [5, 5.41) is 16.7. The molecule has 0 saturated carbocycles. The number of thiocarbonyl (C=S) groups is 1. The number of hydrogen-bond donors (Lipinski definition) is 2. The molecular formula is C14H13N3O5S. The summed E-state index contributed by atoms with van der Waals surface area (Å²) in [5.74, 6) is -1.81. The molecule has 0 spiro atoms. The summed E-state index contributed by atoms with van der Waals surface area (Å²) < 4.78 is 4.47. The predicted octanol–water partition coefficient (Wildman–Crippen LogP) is 1.13. The molecule has 23 heavy (non-hydrogen) atoms. The molecule has 0 bridgehead atoms. The first-order valence-corrected chi connectivity index (χ1v) is 6.91. The molecule has 1 atom stereocenters. The molecule has 0 saturated heterocycles. The molecule has 1 aromatic carbocycles. The molecule has 0 aromatic heterocycles. The molecule has 2 N–H and O–H groups in total. The number of rotatable bonds is 4. The number of carbonyl (C=O) groups is 2. The van der Waals surface area contributed by atoms with Crippen molar-refractivity contribution in [3.8, 4) is 0 Å². The van der Waals surface area contributed by atoms with Crippen LogP contribution in [-0.2, 0) is 14.3 Å². The van der Waals surface area contributed by atoms with E-state index in [1.54, 1.807) is 6.92 Å². The summed E-state index contributed by atoms with van der Waals surface area (Å²) in [4.78, 5) is 34.0. The Morgan fingerprint density at radius 2 is 1.91 bits per heavy atom. The molecule has 0 aliphatic carbocycles. The first kappa shape index (κ1) is 16.6. The van der Waals surface area contributed by atoms with Crippen LogP contribution in [0.4, 0.5) is 5.69 Å². The number of Topliss-reactive ketones (excluding diaryl/α,β-unsaturated/α-hetero) is 1. The zero-order valence-corrected chi connectivity index (χ0v) is 13.1. The number of ether oxygens (including phenoxy) is 1. The number of non-ortho nitro benzene ring substituents is 1. The molecule has 0 fully saturated rings. The average Bonchev–Trinajstić information content (AvgIpc) is 2.52. The number of nitro benzene ring substituents is 1. The maximum absolute atomic E-state index is 12.2. The summed E-state index contributed by atoms with van der Waals surface area (Å²) in [6.45, 7) is 1.61. The lowest BCUT2D eigenvalue weighted by atomic mass is 9.92. The molecule has 1 heterocycles. The standard InChI is InChI=1S/C14H13N3O5S/c1-7-10(12(18)13(19)22-2)11(16-14(23)15-7)8-3-5-9(6-4-8)17(20)21/h3-6,11H,1-2H3,(H2,15,16,23)/t11-/m1/s1. The van der Waals surface area contributed by atoms with Gasteiger partial charge in [0.25, 0.3) is 11.5 Å². The molecule has 8 nitrogen and oxygen atoms in total. The van der Waals surface area contributed by atoms with Crippen LogP contribution in [0.3, 0.4) is 0 Å². The van der Waals surface area contributed by atoms with E-state index in [0.29, 0.717) is 11.3 Å². The number of hydrogen-bond acceptors (Lipinski definition) is 6. The third-order valence-corrected chi connectivity index (χ3v) is 3.54. The Bertz CT molecular complexity index is 726. The quantitative estimate of drug-likeness (QED) is 0.277. The highest BCUT2D eigenvalue weighted by Gasteiger charge is 2.33. The van der Waals surface area contributed by atoms with Crippen LogP contribution in [0, 0.1) is 10.1 Å². The summed E-state index contributed by atoms with van der Waals surface area (Å²) in [6.07, 6.45) is 0. The fraction of sp³-hybridized carbons (Fsp3) is 0.214. The number of nitro groups is 1. The van der Waals surface area contributed by atoms with E-state index in [1.807, 2.05) is 0 Å². The Morgan fingerprint density at radius 1 is 1.30 bits per heavy atom. The summed E-state index contributed by atoms with van der Waals surface area (Å²) in [7, 11) is 1.12. The lowest BCUT2D eigenvalue weighted by Crippen LogP contribution is -2.45. The highest BCUT2D eigenvalue weighted by Crippen LogP contribution is 2.28. The third-order valence-electron chi connectivity index (χ3n) is 3.32. The highest BCUT2D eigenvalue weighted by atomic mass is 32.1. The van der Waals surface area contributed by atoms with Crippen molar-refractivity contribution in [1.82, 2.24) is 10.6 Å². The van der Waals surface area contributed by atoms with Crippen LogP contribution < -0.4 is 10.6 Å². The summed E-state index contributed by atoms with van der Waals surface area (Å²) in [6, 6.07) is 4.94. The molecule has 1 aliphatic heterocycles. The van der Waals surface area contributed by atoms with E-state index in [4.69, 9.17) is 12.2 Å². The van der Waals surface area contributed by atoms with E-state index < -0.39 is 22.7 Å². The minimum absolute atomic E-state index is 0.0770. The van der Waals surface area contributed by atoms with Gasteiger partial charge in [0.05, 0.1) is 23.6 Å². The number of nitrogens with one attached hydrogen (secondary N) is 2. The maximum atomic E-state index is 12.2. The van der Waals surface area contributed by atoms with E-state index in [9.17, 15) is 19.7 Å². The van der Waals surface area contributed by atoms with E-state index >= 15 is 0 Å². The van der Waals surface area contributed by atoms with E-state index in [-0.39, 0.29) is 16.4 Å². The van der Waals surface area contributed by atoms with Crippen molar-refractivity contribution in [3.05, 3.63) is 51.2 Å². The van der Waals surface area contributed by atoms with Crippen LogP contribution in [0.2, 0.25) is 0 Å². The molecule has 9 heteroatoms. The van der Waals surface area contributed by atoms with Gasteiger partial charge in [-0.2, -0.15) is 0 Å². The van der Waals surface area contributed by atoms with Gasteiger partial charge in [-0.15, -0.1) is 0 Å². The second-order valence-electron chi connectivity index (χ2n) is 4.74. The van der Waals surface area contributed by atoms with Crippen molar-refractivity contribution >= 4 is 34.8 Å². The fourth-order valence-electron chi connectivity index (χ4n) is 2.24. The molecule has 0 amide bonds. The third kappa shape index (κ3) is 3.34. The van der Waals surface area contributed by atoms with Crippen LogP contribution in [0.1, 0.15) is 18.5 Å². The lowest BCUT2D eigenvalue weighted by Gasteiger charge is -2.29. The van der Waals surface area contributed by atoms with Gasteiger partial charge in [0.1, 0.15) is 0 Å². The monoisotopic (exact) mass is 335 g/mol. The number of methoxy groups -OCH3 is 1. The van der Waals surface area contributed by atoms with Gasteiger partial charge in [0.2, 0.25) is 0 Å². The van der Waals surface area contributed by atoms with Gasteiger partial charge in [0.15, 0.2) is 5.11 Å². The SMILES string of the molecule is COC(=O)C(=O)C1=C(C)NC(=S)N[C@@H]1c1ccc([N+](=O)[O-])cc1. The Labute approximate surface area is 136 Å². The number of benzene rings is 1. The molecule has 1 aliphatic rings. The smallest absolute Gasteiger partial charge is 0.379 e. The second-order valence-corrected chi connectivity index (χ2v) is 5.15. The zero-order chi connectivity index (χ0) is 17.1. The second kappa shape index (κ2) is 6.53. The largest absolute Gasteiger partial charge is 0.463 e.